The van der Waals surface area contributed by atoms with Crippen molar-refractivity contribution < 1.29 is 23.9 Å². The van der Waals surface area contributed by atoms with Crippen LogP contribution in [-0.2, 0) is 9.53 Å². The minimum Gasteiger partial charge on any atom is -0.447 e. The van der Waals surface area contributed by atoms with Gasteiger partial charge in [0, 0.05) is 18.0 Å². The van der Waals surface area contributed by atoms with Gasteiger partial charge in [0.2, 0.25) is 0 Å². The lowest BCUT2D eigenvalue weighted by molar-refractivity contribution is -0.150. The van der Waals surface area contributed by atoms with Crippen LogP contribution in [0.5, 0.6) is 5.75 Å². The molecule has 3 atom stereocenters. The van der Waals surface area contributed by atoms with Crippen LogP contribution in [0.4, 0.5) is 9.59 Å². The second kappa shape index (κ2) is 9.14. The predicted molar refractivity (Wildman–Crippen MR) is 120 cm³/mol. The van der Waals surface area contributed by atoms with Crippen LogP contribution < -0.4 is 4.74 Å². The molecule has 0 radical (unpaired) electrons. The van der Waals surface area contributed by atoms with Crippen LogP contribution in [0.1, 0.15) is 17.2 Å². The molecule has 34 heavy (non-hydrogen) atoms. The molecule has 170 valence electrons. The van der Waals surface area contributed by atoms with Gasteiger partial charge in [-0.05, 0) is 17.7 Å². The van der Waals surface area contributed by atoms with E-state index in [1.807, 2.05) is 30.3 Å². The summed E-state index contributed by atoms with van der Waals surface area (Å²) in [5.41, 5.74) is 1.52. The van der Waals surface area contributed by atoms with Crippen LogP contribution in [0.3, 0.4) is 0 Å². The standard InChI is InChI=1S/C25H20N4O5/c30-23-22(28-21(15-33-24(28)31)18-7-3-1-4-8-18)20(12-11-17-13-26-16-27-14-17)29(23)25(32)34-19-9-5-2-6-10-19/h1-14,16,20-22H,15H2/b12-11+/t20-,21?,22-/m1/s1. The van der Waals surface area contributed by atoms with Crippen LogP contribution in [0.2, 0.25) is 0 Å². The first-order chi connectivity index (χ1) is 16.6. The van der Waals surface area contributed by atoms with Gasteiger partial charge in [-0.1, -0.05) is 60.7 Å². The average Bonchev–Trinajstić information content (AvgIpc) is 3.24. The van der Waals surface area contributed by atoms with E-state index in [9.17, 15) is 14.4 Å². The van der Waals surface area contributed by atoms with E-state index in [1.165, 1.54) is 11.2 Å². The predicted octanol–water partition coefficient (Wildman–Crippen LogP) is 3.46. The molecular formula is C25H20N4O5. The first-order valence-electron chi connectivity index (χ1n) is 10.7. The van der Waals surface area contributed by atoms with Crippen molar-refractivity contribution in [3.63, 3.8) is 0 Å². The number of imide groups is 1. The molecule has 0 saturated carbocycles. The molecule has 1 aromatic heterocycles. The van der Waals surface area contributed by atoms with E-state index in [2.05, 4.69) is 9.97 Å². The SMILES string of the molecule is O=C(Oc1ccccc1)N1C(=O)[C@H](N2C(=O)OCC2c2ccccc2)[C@H]1/C=C/c1cncnc1. The highest BCUT2D eigenvalue weighted by Gasteiger charge is 2.58. The Morgan fingerprint density at radius 3 is 2.38 bits per heavy atom. The first kappa shape index (κ1) is 21.3. The summed E-state index contributed by atoms with van der Waals surface area (Å²) in [5.74, 6) is -0.231. The molecule has 2 saturated heterocycles. The third-order valence-electron chi connectivity index (χ3n) is 5.72. The summed E-state index contributed by atoms with van der Waals surface area (Å²) in [7, 11) is 0. The summed E-state index contributed by atoms with van der Waals surface area (Å²) >= 11 is 0. The summed E-state index contributed by atoms with van der Waals surface area (Å²) in [5, 5.41) is 0. The summed E-state index contributed by atoms with van der Waals surface area (Å²) in [6, 6.07) is 15.7. The molecule has 3 aromatic rings. The van der Waals surface area contributed by atoms with Crippen molar-refractivity contribution in [2.45, 2.75) is 18.1 Å². The molecule has 0 bridgehead atoms. The van der Waals surface area contributed by atoms with E-state index in [-0.39, 0.29) is 6.61 Å². The lowest BCUT2D eigenvalue weighted by Gasteiger charge is -2.47. The zero-order valence-electron chi connectivity index (χ0n) is 17.9. The molecule has 2 aliphatic rings. The van der Waals surface area contributed by atoms with Crippen LogP contribution >= 0.6 is 0 Å². The van der Waals surface area contributed by atoms with Crippen LogP contribution in [0.25, 0.3) is 6.08 Å². The number of rotatable bonds is 5. The van der Waals surface area contributed by atoms with Gasteiger partial charge in [0.1, 0.15) is 24.7 Å². The second-order valence-corrected chi connectivity index (χ2v) is 7.77. The molecule has 3 amide bonds. The summed E-state index contributed by atoms with van der Waals surface area (Å²) < 4.78 is 10.7. The maximum atomic E-state index is 13.2. The Kier molecular flexibility index (Phi) is 5.73. The maximum Gasteiger partial charge on any atom is 0.422 e. The summed E-state index contributed by atoms with van der Waals surface area (Å²) in [6.07, 6.45) is 6.54. The Morgan fingerprint density at radius 1 is 1.00 bits per heavy atom. The molecule has 9 heteroatoms. The number of benzene rings is 2. The maximum absolute atomic E-state index is 13.2. The van der Waals surface area contributed by atoms with Gasteiger partial charge in [0.25, 0.3) is 5.91 Å². The molecule has 5 rings (SSSR count). The number of cyclic esters (lactones) is 1. The van der Waals surface area contributed by atoms with E-state index in [4.69, 9.17) is 9.47 Å². The van der Waals surface area contributed by atoms with Crippen molar-refractivity contribution in [1.29, 1.82) is 0 Å². The summed E-state index contributed by atoms with van der Waals surface area (Å²) in [4.78, 5) is 49.2. The van der Waals surface area contributed by atoms with Gasteiger partial charge >= 0.3 is 12.2 Å². The third kappa shape index (κ3) is 3.99. The zero-order valence-corrected chi connectivity index (χ0v) is 17.9. The largest absolute Gasteiger partial charge is 0.447 e. The van der Waals surface area contributed by atoms with Crippen LogP contribution in [0.15, 0.2) is 85.5 Å². The number of nitrogens with zero attached hydrogens (tertiary/aromatic N) is 4. The highest BCUT2D eigenvalue weighted by atomic mass is 16.6. The Labute approximate surface area is 195 Å². The number of hydrogen-bond acceptors (Lipinski definition) is 7. The molecule has 2 fully saturated rings. The van der Waals surface area contributed by atoms with Gasteiger partial charge in [-0.25, -0.2) is 24.5 Å². The third-order valence-corrected chi connectivity index (χ3v) is 5.72. The van der Waals surface area contributed by atoms with Crippen LogP contribution in [0, 0.1) is 0 Å². The number of carbonyl (C=O) groups is 3. The molecule has 0 spiro atoms. The number of ether oxygens (including phenoxy) is 2. The van der Waals surface area contributed by atoms with Crippen molar-refractivity contribution in [2.75, 3.05) is 6.61 Å². The number of β-lactam (4-membered cyclic amide) rings is 1. The molecule has 0 aliphatic carbocycles. The number of aromatic nitrogens is 2. The van der Waals surface area contributed by atoms with Gasteiger partial charge in [-0.2, -0.15) is 0 Å². The fraction of sp³-hybridized carbons (Fsp3) is 0.160. The number of amides is 3. The molecule has 3 heterocycles. The van der Waals surface area contributed by atoms with E-state index in [0.29, 0.717) is 11.3 Å². The van der Waals surface area contributed by atoms with Gasteiger partial charge in [-0.3, -0.25) is 9.69 Å². The highest BCUT2D eigenvalue weighted by molar-refractivity contribution is 6.04. The Hall–Kier alpha value is -4.53. The van der Waals surface area contributed by atoms with Gasteiger partial charge in [-0.15, -0.1) is 0 Å². The van der Waals surface area contributed by atoms with E-state index < -0.39 is 36.2 Å². The van der Waals surface area contributed by atoms with Gasteiger partial charge < -0.3 is 9.47 Å². The van der Waals surface area contributed by atoms with Gasteiger partial charge in [0.05, 0.1) is 12.1 Å². The molecule has 0 N–H and O–H groups in total. The monoisotopic (exact) mass is 456 g/mol. The average molecular weight is 456 g/mol. The Morgan fingerprint density at radius 2 is 1.68 bits per heavy atom. The quantitative estimate of drug-likeness (QED) is 0.542. The number of hydrogen-bond donors (Lipinski definition) is 0. The minimum absolute atomic E-state index is 0.115. The number of likely N-dealkylation sites (tertiary alicyclic amines) is 1. The Bertz CT molecular complexity index is 1220. The number of carbonyl (C=O) groups excluding carboxylic acids is 3. The van der Waals surface area contributed by atoms with Crippen molar-refractivity contribution >= 4 is 24.2 Å². The second-order valence-electron chi connectivity index (χ2n) is 7.77. The topological polar surface area (TPSA) is 102 Å². The molecular weight excluding hydrogens is 436 g/mol. The van der Waals surface area contributed by atoms with E-state index >= 15 is 0 Å². The fourth-order valence-corrected chi connectivity index (χ4v) is 4.10. The van der Waals surface area contributed by atoms with E-state index in [0.717, 1.165) is 10.5 Å². The molecule has 2 aliphatic heterocycles. The van der Waals surface area contributed by atoms with Crippen molar-refractivity contribution in [2.24, 2.45) is 0 Å². The van der Waals surface area contributed by atoms with Crippen molar-refractivity contribution in [3.05, 3.63) is 96.6 Å². The lowest BCUT2D eigenvalue weighted by atomic mass is 9.91. The lowest BCUT2D eigenvalue weighted by Crippen LogP contribution is -2.72. The highest BCUT2D eigenvalue weighted by Crippen LogP contribution is 2.37. The smallest absolute Gasteiger partial charge is 0.422 e. The van der Waals surface area contributed by atoms with E-state index in [1.54, 1.807) is 54.9 Å². The van der Waals surface area contributed by atoms with Crippen molar-refractivity contribution in [3.8, 4) is 5.75 Å². The minimum atomic E-state index is -0.926. The fourth-order valence-electron chi connectivity index (χ4n) is 4.10. The number of para-hydroxylation sites is 1. The zero-order chi connectivity index (χ0) is 23.5. The molecule has 1 unspecified atom stereocenters. The first-order valence-corrected chi connectivity index (χ1v) is 10.7. The van der Waals surface area contributed by atoms with Crippen LogP contribution in [-0.4, -0.2) is 56.6 Å². The van der Waals surface area contributed by atoms with Crippen molar-refractivity contribution in [1.82, 2.24) is 19.8 Å². The Balaban J connectivity index is 1.45. The summed E-state index contributed by atoms with van der Waals surface area (Å²) in [6.45, 7) is 0.115. The molecule has 2 aromatic carbocycles. The van der Waals surface area contributed by atoms with Gasteiger partial charge in [0.15, 0.2) is 0 Å². The normalized spacial score (nSPS) is 21.9. The molecule has 9 nitrogen and oxygen atoms in total.